The number of hydrogen-bond acceptors (Lipinski definition) is 4. The summed E-state index contributed by atoms with van der Waals surface area (Å²) in [5, 5.41) is 9.37. The topological polar surface area (TPSA) is 70.2 Å². The zero-order valence-electron chi connectivity index (χ0n) is 14.0. The van der Waals surface area contributed by atoms with Crippen LogP contribution >= 0.6 is 0 Å². The van der Waals surface area contributed by atoms with Crippen molar-refractivity contribution in [2.75, 3.05) is 19.0 Å². The third kappa shape index (κ3) is 2.82. The molecule has 2 heterocycles. The first-order valence-corrected chi connectivity index (χ1v) is 8.01. The Kier molecular flexibility index (Phi) is 3.65. The van der Waals surface area contributed by atoms with Gasteiger partial charge in [-0.2, -0.15) is 5.10 Å². The fraction of sp³-hybridized carbons (Fsp3) is 0.158. The quantitative estimate of drug-likeness (QED) is 0.905. The van der Waals surface area contributed by atoms with E-state index < -0.39 is 0 Å². The van der Waals surface area contributed by atoms with Gasteiger partial charge in [-0.15, -0.1) is 0 Å². The van der Waals surface area contributed by atoms with Crippen LogP contribution in [-0.4, -0.2) is 36.3 Å². The SMILES string of the molecule is CN(C)c1ccc2c(c1)C1=CC(NC(=O)c3ccn[nH]3)=CC=CC1O2. The monoisotopic (exact) mass is 334 g/mol. The van der Waals surface area contributed by atoms with Gasteiger partial charge in [0.05, 0.1) is 0 Å². The third-order valence-corrected chi connectivity index (χ3v) is 4.23. The zero-order valence-corrected chi connectivity index (χ0v) is 14.0. The van der Waals surface area contributed by atoms with Gasteiger partial charge in [-0.25, -0.2) is 0 Å². The Bertz CT molecular complexity index is 908. The molecule has 0 spiro atoms. The summed E-state index contributed by atoms with van der Waals surface area (Å²) < 4.78 is 6.02. The molecule has 0 bridgehead atoms. The molecule has 6 heteroatoms. The summed E-state index contributed by atoms with van der Waals surface area (Å²) in [5.74, 6) is 0.626. The summed E-state index contributed by atoms with van der Waals surface area (Å²) in [6.07, 6.45) is 9.11. The molecule has 25 heavy (non-hydrogen) atoms. The number of amides is 1. The molecule has 1 aromatic carbocycles. The predicted octanol–water partition coefficient (Wildman–Crippen LogP) is 2.50. The Balaban J connectivity index is 1.67. The molecule has 6 nitrogen and oxygen atoms in total. The van der Waals surface area contributed by atoms with Crippen molar-refractivity contribution in [1.82, 2.24) is 15.5 Å². The number of fused-ring (bicyclic) bond motifs is 3. The van der Waals surface area contributed by atoms with Crippen molar-refractivity contribution in [3.63, 3.8) is 0 Å². The number of carbonyl (C=O) groups is 1. The molecule has 1 aliphatic carbocycles. The lowest BCUT2D eigenvalue weighted by molar-refractivity contribution is 0.0962. The fourth-order valence-electron chi connectivity index (χ4n) is 2.92. The molecule has 1 aromatic heterocycles. The molecule has 0 saturated carbocycles. The van der Waals surface area contributed by atoms with E-state index >= 15 is 0 Å². The highest BCUT2D eigenvalue weighted by atomic mass is 16.5. The smallest absolute Gasteiger partial charge is 0.273 e. The molecule has 2 aromatic rings. The van der Waals surface area contributed by atoms with E-state index in [9.17, 15) is 4.79 Å². The van der Waals surface area contributed by atoms with E-state index in [1.165, 1.54) is 0 Å². The van der Waals surface area contributed by atoms with Crippen LogP contribution in [0.25, 0.3) is 5.57 Å². The molecule has 2 aliphatic rings. The number of ether oxygens (including phenoxy) is 1. The lowest BCUT2D eigenvalue weighted by Gasteiger charge is -2.13. The zero-order chi connectivity index (χ0) is 17.4. The van der Waals surface area contributed by atoms with Gasteiger partial charge in [0.2, 0.25) is 0 Å². The molecule has 2 N–H and O–H groups in total. The van der Waals surface area contributed by atoms with Gasteiger partial charge >= 0.3 is 0 Å². The molecule has 0 fully saturated rings. The van der Waals surface area contributed by atoms with Gasteiger partial charge in [0.1, 0.15) is 17.5 Å². The van der Waals surface area contributed by atoms with Gasteiger partial charge in [0.25, 0.3) is 5.91 Å². The number of aromatic nitrogens is 2. The van der Waals surface area contributed by atoms with Gasteiger partial charge in [-0.1, -0.05) is 6.08 Å². The molecular weight excluding hydrogens is 316 g/mol. The van der Waals surface area contributed by atoms with Gasteiger partial charge in [0.15, 0.2) is 0 Å². The summed E-state index contributed by atoms with van der Waals surface area (Å²) in [5.41, 5.74) is 4.30. The van der Waals surface area contributed by atoms with Crippen LogP contribution in [0.2, 0.25) is 0 Å². The Morgan fingerprint density at radius 1 is 1.32 bits per heavy atom. The first-order valence-electron chi connectivity index (χ1n) is 8.01. The Morgan fingerprint density at radius 2 is 2.20 bits per heavy atom. The van der Waals surface area contributed by atoms with Crippen molar-refractivity contribution >= 4 is 17.2 Å². The minimum absolute atomic E-state index is 0.148. The van der Waals surface area contributed by atoms with E-state index in [2.05, 4.69) is 26.5 Å². The van der Waals surface area contributed by atoms with Gasteiger partial charge in [-0.05, 0) is 42.5 Å². The molecule has 4 rings (SSSR count). The number of carbonyl (C=O) groups excluding carboxylic acids is 1. The van der Waals surface area contributed by atoms with E-state index in [0.717, 1.165) is 22.6 Å². The van der Waals surface area contributed by atoms with Crippen molar-refractivity contribution in [2.45, 2.75) is 6.10 Å². The Hall–Kier alpha value is -3.28. The van der Waals surface area contributed by atoms with E-state index in [1.807, 2.05) is 50.5 Å². The first kappa shape index (κ1) is 15.3. The molecule has 0 saturated heterocycles. The first-order chi connectivity index (χ1) is 12.1. The molecule has 1 aliphatic heterocycles. The van der Waals surface area contributed by atoms with Crippen molar-refractivity contribution in [3.8, 4) is 5.75 Å². The number of anilines is 1. The fourth-order valence-corrected chi connectivity index (χ4v) is 2.92. The third-order valence-electron chi connectivity index (χ3n) is 4.23. The Morgan fingerprint density at radius 3 is 2.96 bits per heavy atom. The summed E-state index contributed by atoms with van der Waals surface area (Å²) >= 11 is 0. The lowest BCUT2D eigenvalue weighted by atomic mass is 10.0. The standard InChI is InChI=1S/C19H18N4O2/c1-23(2)13-6-7-18-15(11-13)14-10-12(4-3-5-17(14)25-18)21-19(24)16-8-9-20-22-16/h3-11,17H,1-2H3,(H,20,22)(H,21,24). The molecule has 1 unspecified atom stereocenters. The molecular formula is C19H18N4O2. The second kappa shape index (κ2) is 5.98. The maximum absolute atomic E-state index is 12.3. The number of H-pyrrole nitrogens is 1. The van der Waals surface area contributed by atoms with Crippen molar-refractivity contribution < 1.29 is 9.53 Å². The van der Waals surface area contributed by atoms with Crippen LogP contribution in [0.3, 0.4) is 0 Å². The summed E-state index contributed by atoms with van der Waals surface area (Å²) in [6.45, 7) is 0. The Labute approximate surface area is 145 Å². The average molecular weight is 334 g/mol. The highest BCUT2D eigenvalue weighted by Crippen LogP contribution is 2.41. The van der Waals surface area contributed by atoms with Crippen molar-refractivity contribution in [3.05, 3.63) is 71.7 Å². The number of allylic oxidation sites excluding steroid dienone is 3. The number of nitrogens with zero attached hydrogens (tertiary/aromatic N) is 2. The second-order valence-corrected chi connectivity index (χ2v) is 6.14. The largest absolute Gasteiger partial charge is 0.481 e. The number of nitrogens with one attached hydrogen (secondary N) is 2. The van der Waals surface area contributed by atoms with Gasteiger partial charge < -0.3 is 15.0 Å². The highest BCUT2D eigenvalue weighted by molar-refractivity contribution is 5.94. The lowest BCUT2D eigenvalue weighted by Crippen LogP contribution is -2.22. The minimum atomic E-state index is -0.228. The second-order valence-electron chi connectivity index (χ2n) is 6.14. The number of rotatable bonds is 3. The summed E-state index contributed by atoms with van der Waals surface area (Å²) in [7, 11) is 4.01. The predicted molar refractivity (Wildman–Crippen MR) is 96.4 cm³/mol. The van der Waals surface area contributed by atoms with Crippen LogP contribution in [0, 0.1) is 0 Å². The van der Waals surface area contributed by atoms with Crippen LogP contribution in [0.15, 0.2) is 60.5 Å². The normalized spacial score (nSPS) is 17.6. The van der Waals surface area contributed by atoms with Crippen molar-refractivity contribution in [2.24, 2.45) is 0 Å². The van der Waals surface area contributed by atoms with Crippen LogP contribution in [-0.2, 0) is 0 Å². The molecule has 1 atom stereocenters. The summed E-state index contributed by atoms with van der Waals surface area (Å²) in [6, 6.07) is 7.76. The summed E-state index contributed by atoms with van der Waals surface area (Å²) in [4.78, 5) is 14.3. The van der Waals surface area contributed by atoms with Gasteiger partial charge in [-0.3, -0.25) is 9.89 Å². The minimum Gasteiger partial charge on any atom is -0.481 e. The van der Waals surface area contributed by atoms with Crippen LogP contribution in [0.1, 0.15) is 16.1 Å². The van der Waals surface area contributed by atoms with E-state index in [-0.39, 0.29) is 12.0 Å². The number of aromatic amines is 1. The number of hydrogen-bond donors (Lipinski definition) is 2. The molecule has 0 radical (unpaired) electrons. The van der Waals surface area contributed by atoms with E-state index in [1.54, 1.807) is 12.3 Å². The highest BCUT2D eigenvalue weighted by Gasteiger charge is 2.28. The maximum atomic E-state index is 12.3. The van der Waals surface area contributed by atoms with Crippen molar-refractivity contribution in [1.29, 1.82) is 0 Å². The van der Waals surface area contributed by atoms with Crippen LogP contribution in [0.4, 0.5) is 5.69 Å². The molecule has 126 valence electrons. The maximum Gasteiger partial charge on any atom is 0.273 e. The van der Waals surface area contributed by atoms with Gasteiger partial charge in [0, 0.05) is 42.8 Å². The van der Waals surface area contributed by atoms with E-state index in [0.29, 0.717) is 11.4 Å². The average Bonchev–Trinajstić information content (AvgIpc) is 3.19. The molecule has 1 amide bonds. The van der Waals surface area contributed by atoms with E-state index in [4.69, 9.17) is 4.74 Å². The van der Waals surface area contributed by atoms with Crippen LogP contribution in [0.5, 0.6) is 5.75 Å². The number of benzene rings is 1. The van der Waals surface area contributed by atoms with Crippen LogP contribution < -0.4 is 15.0 Å².